The third-order valence-electron chi connectivity index (χ3n) is 2.06. The largest absolute Gasteiger partial charge is 0.330 e. The van der Waals surface area contributed by atoms with E-state index in [0.29, 0.717) is 13.1 Å². The van der Waals surface area contributed by atoms with Crippen LogP contribution in [0.1, 0.15) is 13.8 Å². The Balaban J connectivity index is 0. The van der Waals surface area contributed by atoms with Crippen LogP contribution in [0, 0.1) is 5.41 Å². The third kappa shape index (κ3) is 5.12. The molecule has 94 valence electrons. The van der Waals surface area contributed by atoms with Crippen LogP contribution in [-0.4, -0.2) is 51.3 Å². The van der Waals surface area contributed by atoms with Gasteiger partial charge in [0, 0.05) is 27.7 Å². The number of nitrogens with zero attached hydrogens (tertiary/aromatic N) is 2. The topological polar surface area (TPSA) is 66.6 Å². The van der Waals surface area contributed by atoms with Crippen LogP contribution in [0.5, 0.6) is 0 Å². The van der Waals surface area contributed by atoms with E-state index in [1.165, 1.54) is 22.7 Å². The van der Waals surface area contributed by atoms with Gasteiger partial charge in [-0.05, 0) is 12.0 Å². The molecule has 0 spiro atoms. The lowest BCUT2D eigenvalue weighted by Crippen LogP contribution is -2.44. The number of hydrogen-bond acceptors (Lipinski definition) is 3. The monoisotopic (exact) mass is 259 g/mol. The van der Waals surface area contributed by atoms with E-state index in [1.54, 1.807) is 7.05 Å². The molecular weight excluding hydrogens is 238 g/mol. The van der Waals surface area contributed by atoms with Crippen molar-refractivity contribution in [2.24, 2.45) is 11.1 Å². The average molecular weight is 260 g/mol. The summed E-state index contributed by atoms with van der Waals surface area (Å²) in [7, 11) is 1.28. The van der Waals surface area contributed by atoms with E-state index in [0.717, 1.165) is 0 Å². The maximum Gasteiger partial charge on any atom is 0.281 e. The van der Waals surface area contributed by atoms with E-state index in [2.05, 4.69) is 0 Å². The predicted octanol–water partition coefficient (Wildman–Crippen LogP) is 0.131. The molecule has 5 nitrogen and oxygen atoms in total. The standard InChI is InChI=1S/C8H21N3O2S.ClH/c1-8(2,6-9)7-11(5)14(12,13)10(3)4;/h6-7,9H2,1-5H3;1H. The van der Waals surface area contributed by atoms with Crippen molar-refractivity contribution in [3.05, 3.63) is 0 Å². The maximum atomic E-state index is 11.6. The van der Waals surface area contributed by atoms with Crippen molar-refractivity contribution in [2.75, 3.05) is 34.2 Å². The van der Waals surface area contributed by atoms with Gasteiger partial charge in [0.2, 0.25) is 0 Å². The number of hydrogen-bond donors (Lipinski definition) is 1. The van der Waals surface area contributed by atoms with E-state index in [1.807, 2.05) is 13.8 Å². The Morgan fingerprint density at radius 1 is 1.20 bits per heavy atom. The summed E-state index contributed by atoms with van der Waals surface area (Å²) in [4.78, 5) is 0. The summed E-state index contributed by atoms with van der Waals surface area (Å²) < 4.78 is 25.8. The fraction of sp³-hybridized carbons (Fsp3) is 1.00. The van der Waals surface area contributed by atoms with Gasteiger partial charge in [-0.15, -0.1) is 12.4 Å². The lowest BCUT2D eigenvalue weighted by molar-refractivity contribution is 0.282. The van der Waals surface area contributed by atoms with Crippen molar-refractivity contribution in [3.8, 4) is 0 Å². The molecule has 0 aliphatic carbocycles. The Morgan fingerprint density at radius 3 is 1.87 bits per heavy atom. The van der Waals surface area contributed by atoms with Gasteiger partial charge in [0.1, 0.15) is 0 Å². The summed E-state index contributed by atoms with van der Waals surface area (Å²) >= 11 is 0. The SMILES string of the molecule is CN(C)S(=O)(=O)N(C)CC(C)(C)CN.Cl. The Hall–Kier alpha value is 0.120. The predicted molar refractivity (Wildman–Crippen MR) is 65.3 cm³/mol. The number of nitrogens with two attached hydrogens (primary N) is 1. The summed E-state index contributed by atoms with van der Waals surface area (Å²) in [5.74, 6) is 0. The Bertz CT molecular complexity index is 278. The summed E-state index contributed by atoms with van der Waals surface area (Å²) in [6.07, 6.45) is 0. The molecule has 0 aromatic heterocycles. The van der Waals surface area contributed by atoms with Crippen LogP contribution in [0.3, 0.4) is 0 Å². The third-order valence-corrected chi connectivity index (χ3v) is 3.90. The second-order valence-corrected chi connectivity index (χ2v) is 6.66. The minimum atomic E-state index is -3.31. The maximum absolute atomic E-state index is 11.6. The molecule has 2 N–H and O–H groups in total. The highest BCUT2D eigenvalue weighted by atomic mass is 35.5. The fourth-order valence-electron chi connectivity index (χ4n) is 1.03. The molecule has 0 aliphatic heterocycles. The van der Waals surface area contributed by atoms with Gasteiger partial charge in [0.25, 0.3) is 10.2 Å². The van der Waals surface area contributed by atoms with Gasteiger partial charge in [-0.25, -0.2) is 0 Å². The van der Waals surface area contributed by atoms with Crippen molar-refractivity contribution in [1.82, 2.24) is 8.61 Å². The van der Waals surface area contributed by atoms with Crippen LogP contribution in [0.15, 0.2) is 0 Å². The first-order valence-corrected chi connectivity index (χ1v) is 5.87. The minimum absolute atomic E-state index is 0. The van der Waals surface area contributed by atoms with Gasteiger partial charge in [-0.2, -0.15) is 17.0 Å². The van der Waals surface area contributed by atoms with Crippen molar-refractivity contribution >= 4 is 22.6 Å². The zero-order chi connectivity index (χ0) is 11.6. The van der Waals surface area contributed by atoms with Gasteiger partial charge in [0.05, 0.1) is 0 Å². The average Bonchev–Trinajstić information content (AvgIpc) is 2.03. The first kappa shape index (κ1) is 17.5. The molecule has 0 bridgehead atoms. The van der Waals surface area contributed by atoms with Gasteiger partial charge >= 0.3 is 0 Å². The molecule has 0 saturated heterocycles. The van der Waals surface area contributed by atoms with Crippen LogP contribution < -0.4 is 5.73 Å². The molecule has 0 unspecified atom stereocenters. The van der Waals surface area contributed by atoms with Crippen LogP contribution in [0.25, 0.3) is 0 Å². The highest BCUT2D eigenvalue weighted by Crippen LogP contribution is 2.16. The van der Waals surface area contributed by atoms with E-state index < -0.39 is 10.2 Å². The fourth-order valence-corrected chi connectivity index (χ4v) is 2.10. The first-order valence-electron chi connectivity index (χ1n) is 4.47. The Morgan fingerprint density at radius 2 is 1.60 bits per heavy atom. The molecule has 0 radical (unpaired) electrons. The Labute approximate surface area is 99.2 Å². The van der Waals surface area contributed by atoms with Crippen molar-refractivity contribution in [3.63, 3.8) is 0 Å². The molecule has 0 fully saturated rings. The molecule has 0 aromatic rings. The molecule has 15 heavy (non-hydrogen) atoms. The summed E-state index contributed by atoms with van der Waals surface area (Å²) in [6, 6.07) is 0. The normalized spacial score (nSPS) is 13.1. The van der Waals surface area contributed by atoms with E-state index in [9.17, 15) is 8.42 Å². The van der Waals surface area contributed by atoms with Gasteiger partial charge in [0.15, 0.2) is 0 Å². The van der Waals surface area contributed by atoms with E-state index >= 15 is 0 Å². The van der Waals surface area contributed by atoms with Crippen molar-refractivity contribution < 1.29 is 8.42 Å². The van der Waals surface area contributed by atoms with Crippen LogP contribution in [0.4, 0.5) is 0 Å². The highest BCUT2D eigenvalue weighted by Gasteiger charge is 2.26. The molecule has 0 saturated carbocycles. The zero-order valence-electron chi connectivity index (χ0n) is 10.0. The molecule has 0 rings (SSSR count). The molecule has 7 heteroatoms. The van der Waals surface area contributed by atoms with Gasteiger partial charge in [-0.1, -0.05) is 13.8 Å². The Kier molecular flexibility index (Phi) is 7.01. The minimum Gasteiger partial charge on any atom is -0.330 e. The second-order valence-electron chi connectivity index (χ2n) is 4.41. The van der Waals surface area contributed by atoms with Crippen molar-refractivity contribution in [1.29, 1.82) is 0 Å². The molecular formula is C8H22ClN3O2S. The molecule has 0 aromatic carbocycles. The number of rotatable bonds is 5. The van der Waals surface area contributed by atoms with Crippen LogP contribution in [-0.2, 0) is 10.2 Å². The quantitative estimate of drug-likeness (QED) is 0.763. The smallest absolute Gasteiger partial charge is 0.281 e. The van der Waals surface area contributed by atoms with E-state index in [-0.39, 0.29) is 17.8 Å². The molecule has 0 amide bonds. The molecule has 0 heterocycles. The second kappa shape index (κ2) is 6.00. The summed E-state index contributed by atoms with van der Waals surface area (Å²) in [5, 5.41) is 0. The zero-order valence-corrected chi connectivity index (χ0v) is 11.7. The number of halogens is 1. The summed E-state index contributed by atoms with van der Waals surface area (Å²) in [6.45, 7) is 4.76. The molecule has 0 aliphatic rings. The lowest BCUT2D eigenvalue weighted by atomic mass is 9.94. The highest BCUT2D eigenvalue weighted by molar-refractivity contribution is 7.86. The van der Waals surface area contributed by atoms with Crippen LogP contribution >= 0.6 is 12.4 Å². The van der Waals surface area contributed by atoms with Gasteiger partial charge < -0.3 is 5.73 Å². The van der Waals surface area contributed by atoms with Crippen LogP contribution in [0.2, 0.25) is 0 Å². The van der Waals surface area contributed by atoms with Gasteiger partial charge in [-0.3, -0.25) is 0 Å². The van der Waals surface area contributed by atoms with Crippen molar-refractivity contribution in [2.45, 2.75) is 13.8 Å². The lowest BCUT2D eigenvalue weighted by Gasteiger charge is -2.29. The molecule has 0 atom stereocenters. The van der Waals surface area contributed by atoms with E-state index in [4.69, 9.17) is 5.73 Å². The first-order chi connectivity index (χ1) is 6.13. The summed E-state index contributed by atoms with van der Waals surface area (Å²) in [5.41, 5.74) is 5.34.